The van der Waals surface area contributed by atoms with Crippen molar-refractivity contribution in [2.45, 2.75) is 19.1 Å². The first-order valence-electron chi connectivity index (χ1n) is 6.79. The third-order valence-electron chi connectivity index (χ3n) is 3.47. The molecule has 0 bridgehead atoms. The van der Waals surface area contributed by atoms with Crippen LogP contribution < -0.4 is 0 Å². The predicted octanol–water partition coefficient (Wildman–Crippen LogP) is 1.33. The van der Waals surface area contributed by atoms with Crippen LogP contribution in [-0.4, -0.2) is 43.8 Å². The summed E-state index contributed by atoms with van der Waals surface area (Å²) < 4.78 is 9.88. The molecular weight excluding hydrogens is 274 g/mol. The van der Waals surface area contributed by atoms with Crippen molar-refractivity contribution in [2.75, 3.05) is 20.8 Å². The smallest absolute Gasteiger partial charge is 0.326 e. The van der Waals surface area contributed by atoms with E-state index in [0.717, 1.165) is 5.56 Å². The summed E-state index contributed by atoms with van der Waals surface area (Å²) in [5.74, 6) is -1.75. The van der Waals surface area contributed by atoms with Crippen molar-refractivity contribution in [1.29, 1.82) is 0 Å². The van der Waals surface area contributed by atoms with E-state index < -0.39 is 30.0 Å². The number of esters is 2. The average molecular weight is 293 g/mol. The molecule has 0 aromatic heterocycles. The highest BCUT2D eigenvalue weighted by Gasteiger charge is 2.51. The summed E-state index contributed by atoms with van der Waals surface area (Å²) >= 11 is 0. The van der Waals surface area contributed by atoms with Crippen molar-refractivity contribution >= 4 is 11.9 Å². The first-order chi connectivity index (χ1) is 10.1. The summed E-state index contributed by atoms with van der Waals surface area (Å²) in [5.41, 5.74) is 0.812. The van der Waals surface area contributed by atoms with E-state index in [2.05, 4.69) is 0 Å². The van der Waals surface area contributed by atoms with Crippen molar-refractivity contribution in [2.24, 2.45) is 5.92 Å². The van der Waals surface area contributed by atoms with E-state index in [-0.39, 0.29) is 6.61 Å². The zero-order valence-electron chi connectivity index (χ0n) is 12.3. The van der Waals surface area contributed by atoms with Crippen LogP contribution in [0, 0.1) is 5.92 Å². The lowest BCUT2D eigenvalue weighted by Gasteiger charge is -2.19. The maximum atomic E-state index is 12.1. The lowest BCUT2D eigenvalue weighted by Crippen LogP contribution is -2.41. The molecule has 0 aliphatic carbocycles. The van der Waals surface area contributed by atoms with Crippen LogP contribution in [0.5, 0.6) is 0 Å². The van der Waals surface area contributed by atoms with Gasteiger partial charge in [-0.05, 0) is 12.5 Å². The minimum absolute atomic E-state index is 0.243. The molecular formula is C15H19NO5. The van der Waals surface area contributed by atoms with E-state index >= 15 is 0 Å². The van der Waals surface area contributed by atoms with Gasteiger partial charge in [0.1, 0.15) is 18.1 Å². The Morgan fingerprint density at radius 3 is 2.48 bits per heavy atom. The van der Waals surface area contributed by atoms with Gasteiger partial charge in [-0.25, -0.2) is 0 Å². The van der Waals surface area contributed by atoms with Crippen molar-refractivity contribution < 1.29 is 23.9 Å². The first-order valence-corrected chi connectivity index (χ1v) is 6.79. The van der Waals surface area contributed by atoms with Crippen LogP contribution in [0.1, 0.15) is 18.6 Å². The van der Waals surface area contributed by atoms with Gasteiger partial charge in [-0.15, -0.1) is 0 Å². The lowest BCUT2D eigenvalue weighted by molar-refractivity contribution is -0.172. The molecule has 1 aliphatic rings. The third kappa shape index (κ3) is 3.06. The summed E-state index contributed by atoms with van der Waals surface area (Å²) in [6.45, 7) is 1.96. The second-order valence-corrected chi connectivity index (χ2v) is 4.73. The van der Waals surface area contributed by atoms with Gasteiger partial charge in [0.15, 0.2) is 0 Å². The average Bonchev–Trinajstić information content (AvgIpc) is 2.85. The minimum atomic E-state index is -0.817. The largest absolute Gasteiger partial charge is 0.469 e. The number of methoxy groups -OCH3 is 1. The molecule has 114 valence electrons. The number of hydrogen-bond donors (Lipinski definition) is 0. The summed E-state index contributed by atoms with van der Waals surface area (Å²) in [4.78, 5) is 29.9. The Hall–Kier alpha value is -1.92. The van der Waals surface area contributed by atoms with Crippen LogP contribution in [0.2, 0.25) is 0 Å². The second kappa shape index (κ2) is 6.69. The van der Waals surface area contributed by atoms with Crippen LogP contribution in [0.4, 0.5) is 0 Å². The Morgan fingerprint density at radius 1 is 1.24 bits per heavy atom. The lowest BCUT2D eigenvalue weighted by atomic mass is 9.90. The normalized spacial score (nSPS) is 25.6. The molecule has 2 rings (SSSR count). The Morgan fingerprint density at radius 2 is 1.90 bits per heavy atom. The van der Waals surface area contributed by atoms with Gasteiger partial charge in [0.25, 0.3) is 0 Å². The van der Waals surface area contributed by atoms with Crippen LogP contribution in [-0.2, 0) is 23.9 Å². The molecule has 0 spiro atoms. The molecule has 21 heavy (non-hydrogen) atoms. The topological polar surface area (TPSA) is 65.1 Å². The molecule has 6 nitrogen and oxygen atoms in total. The number of nitrogens with zero attached hydrogens (tertiary/aromatic N) is 1. The van der Waals surface area contributed by atoms with Crippen molar-refractivity contribution in [3.05, 3.63) is 35.9 Å². The molecule has 3 atom stereocenters. The maximum Gasteiger partial charge on any atom is 0.326 e. The molecule has 1 heterocycles. The van der Waals surface area contributed by atoms with Crippen molar-refractivity contribution in [3.63, 3.8) is 0 Å². The fourth-order valence-corrected chi connectivity index (χ4v) is 2.52. The second-order valence-electron chi connectivity index (χ2n) is 4.73. The maximum absolute atomic E-state index is 12.1. The summed E-state index contributed by atoms with van der Waals surface area (Å²) in [6, 6.07) is 8.46. The molecule has 1 aromatic carbocycles. The van der Waals surface area contributed by atoms with Gasteiger partial charge in [0.05, 0.1) is 13.7 Å². The number of carbonyl (C=O) groups is 2. The molecule has 0 N–H and O–H groups in total. The number of carbonyl (C=O) groups excluding carboxylic acids is 2. The highest BCUT2D eigenvalue weighted by molar-refractivity contribution is 5.85. The van der Waals surface area contributed by atoms with Gasteiger partial charge >= 0.3 is 11.9 Å². The van der Waals surface area contributed by atoms with E-state index in [1.165, 1.54) is 12.2 Å². The van der Waals surface area contributed by atoms with Gasteiger partial charge in [-0.2, -0.15) is 5.06 Å². The molecule has 6 heteroatoms. The third-order valence-corrected chi connectivity index (χ3v) is 3.47. The quantitative estimate of drug-likeness (QED) is 0.780. The number of benzene rings is 1. The van der Waals surface area contributed by atoms with Gasteiger partial charge in [-0.3, -0.25) is 14.4 Å². The van der Waals surface area contributed by atoms with Gasteiger partial charge in [0.2, 0.25) is 0 Å². The molecule has 1 fully saturated rings. The zero-order valence-corrected chi connectivity index (χ0v) is 12.3. The molecule has 1 aliphatic heterocycles. The number of likely N-dealkylation sites (N-methyl/N-ethyl adjacent to an activating group) is 1. The SMILES string of the molecule is CCOC(=O)[C@@H]1[C@H](C(=O)OC)[C@@H](c2ccccc2)ON1C. The van der Waals surface area contributed by atoms with E-state index in [9.17, 15) is 9.59 Å². The number of hydrogen-bond acceptors (Lipinski definition) is 6. The van der Waals surface area contributed by atoms with Crippen LogP contribution in [0.25, 0.3) is 0 Å². The Kier molecular flexibility index (Phi) is 4.93. The van der Waals surface area contributed by atoms with Gasteiger partial charge in [-0.1, -0.05) is 30.3 Å². The van der Waals surface area contributed by atoms with Crippen LogP contribution in [0.3, 0.4) is 0 Å². The molecule has 0 saturated carbocycles. The Bertz CT molecular complexity index is 504. The molecule has 1 saturated heterocycles. The van der Waals surface area contributed by atoms with Crippen molar-refractivity contribution in [3.8, 4) is 0 Å². The molecule has 0 amide bonds. The Labute approximate surface area is 123 Å². The van der Waals surface area contributed by atoms with E-state index in [0.29, 0.717) is 0 Å². The fraction of sp³-hybridized carbons (Fsp3) is 0.467. The van der Waals surface area contributed by atoms with E-state index in [1.54, 1.807) is 14.0 Å². The summed E-state index contributed by atoms with van der Waals surface area (Å²) in [6.07, 6.45) is -0.571. The highest BCUT2D eigenvalue weighted by atomic mass is 16.7. The molecule has 1 aromatic rings. The number of ether oxygens (including phenoxy) is 2. The number of hydroxylamine groups is 2. The van der Waals surface area contributed by atoms with Gasteiger partial charge in [0, 0.05) is 7.05 Å². The molecule has 0 radical (unpaired) electrons. The van der Waals surface area contributed by atoms with E-state index in [4.69, 9.17) is 14.3 Å². The van der Waals surface area contributed by atoms with Crippen LogP contribution >= 0.6 is 0 Å². The van der Waals surface area contributed by atoms with Crippen molar-refractivity contribution in [1.82, 2.24) is 5.06 Å². The van der Waals surface area contributed by atoms with E-state index in [1.807, 2.05) is 30.3 Å². The predicted molar refractivity (Wildman–Crippen MR) is 74.0 cm³/mol. The first kappa shape index (κ1) is 15.5. The molecule has 0 unspecified atom stereocenters. The minimum Gasteiger partial charge on any atom is -0.469 e. The van der Waals surface area contributed by atoms with Gasteiger partial charge < -0.3 is 9.47 Å². The fourth-order valence-electron chi connectivity index (χ4n) is 2.52. The van der Waals surface area contributed by atoms with Crippen LogP contribution in [0.15, 0.2) is 30.3 Å². The monoisotopic (exact) mass is 293 g/mol. The highest BCUT2D eigenvalue weighted by Crippen LogP contribution is 2.39. The summed E-state index contributed by atoms with van der Waals surface area (Å²) in [5, 5.41) is 1.37. The standard InChI is InChI=1S/C15H19NO5/c1-4-20-15(18)12-11(14(17)19-3)13(21-16(12)2)10-8-6-5-7-9-10/h5-9,11-13H,4H2,1-3H3/t11-,12-,13+/m0/s1. The Balaban J connectivity index is 2.34. The zero-order chi connectivity index (χ0) is 15.4. The summed E-state index contributed by atoms with van der Waals surface area (Å²) in [7, 11) is 2.91. The number of rotatable bonds is 4.